The van der Waals surface area contributed by atoms with Gasteiger partial charge >= 0.3 is 0 Å². The van der Waals surface area contributed by atoms with Gasteiger partial charge in [0.1, 0.15) is 0 Å². The highest BCUT2D eigenvalue weighted by molar-refractivity contribution is 7.99. The first-order valence-electron chi connectivity index (χ1n) is 4.75. The van der Waals surface area contributed by atoms with Gasteiger partial charge in [0.2, 0.25) is 10.0 Å². The summed E-state index contributed by atoms with van der Waals surface area (Å²) in [6.45, 7) is 0. The number of hydrogen-bond acceptors (Lipinski definition) is 3. The Labute approximate surface area is 94.3 Å². The summed E-state index contributed by atoms with van der Waals surface area (Å²) in [6.07, 6.45) is 2.06. The summed E-state index contributed by atoms with van der Waals surface area (Å²) in [5, 5.41) is 0. The molecule has 3 nitrogen and oxygen atoms in total. The van der Waals surface area contributed by atoms with E-state index < -0.39 is 10.0 Å². The molecule has 1 unspecified atom stereocenters. The molecule has 0 radical (unpaired) electrons. The maximum absolute atomic E-state index is 11.2. The van der Waals surface area contributed by atoms with E-state index in [1.54, 1.807) is 11.8 Å². The molecule has 0 saturated carbocycles. The van der Waals surface area contributed by atoms with Crippen molar-refractivity contribution in [3.05, 3.63) is 29.8 Å². The highest BCUT2D eigenvalue weighted by Gasteiger charge is 2.22. The van der Waals surface area contributed by atoms with Crippen LogP contribution in [0.5, 0.6) is 0 Å². The summed E-state index contributed by atoms with van der Waals surface area (Å²) in [5.74, 6) is 0.962. The molecule has 0 aliphatic carbocycles. The molecule has 1 aliphatic rings. The lowest BCUT2D eigenvalue weighted by Crippen LogP contribution is -2.29. The van der Waals surface area contributed by atoms with Crippen molar-refractivity contribution in [2.45, 2.75) is 17.4 Å². The van der Waals surface area contributed by atoms with Crippen molar-refractivity contribution in [1.29, 1.82) is 0 Å². The second kappa shape index (κ2) is 4.15. The molecule has 0 bridgehead atoms. The third-order valence-corrected chi connectivity index (χ3v) is 4.15. The Morgan fingerprint density at radius 1 is 1.40 bits per heavy atom. The van der Waals surface area contributed by atoms with Crippen LogP contribution in [0.25, 0.3) is 0 Å². The minimum Gasteiger partial charge on any atom is -0.213 e. The van der Waals surface area contributed by atoms with Gasteiger partial charge in [-0.05, 0) is 23.8 Å². The topological polar surface area (TPSA) is 46.2 Å². The standard InChI is InChI=1S/C10H13NO2S2/c1-15(12,13)11-9-6-7-14-10-5-3-2-4-8(9)10/h2-5,9,11H,6-7H2,1H3. The van der Waals surface area contributed by atoms with Crippen LogP contribution in [0.4, 0.5) is 0 Å². The molecule has 1 aliphatic heterocycles. The van der Waals surface area contributed by atoms with Gasteiger partial charge in [-0.25, -0.2) is 13.1 Å². The first-order chi connectivity index (χ1) is 7.06. The van der Waals surface area contributed by atoms with Crippen LogP contribution < -0.4 is 4.72 Å². The van der Waals surface area contributed by atoms with E-state index in [-0.39, 0.29) is 6.04 Å². The van der Waals surface area contributed by atoms with Gasteiger partial charge in [0.15, 0.2) is 0 Å². The first kappa shape index (κ1) is 11.0. The number of hydrogen-bond donors (Lipinski definition) is 1. The minimum absolute atomic E-state index is 0.0579. The number of sulfonamides is 1. The Hall–Kier alpha value is -0.520. The molecule has 1 N–H and O–H groups in total. The van der Waals surface area contributed by atoms with Crippen molar-refractivity contribution in [2.24, 2.45) is 0 Å². The summed E-state index contributed by atoms with van der Waals surface area (Å²) in [5.41, 5.74) is 1.10. The number of benzene rings is 1. The predicted molar refractivity (Wildman–Crippen MR) is 62.5 cm³/mol. The highest BCUT2D eigenvalue weighted by atomic mass is 32.2. The fourth-order valence-corrected chi connectivity index (χ4v) is 3.61. The Morgan fingerprint density at radius 3 is 2.87 bits per heavy atom. The van der Waals surface area contributed by atoms with E-state index in [4.69, 9.17) is 0 Å². The third-order valence-electron chi connectivity index (χ3n) is 2.31. The summed E-state index contributed by atoms with van der Waals surface area (Å²) < 4.78 is 25.1. The molecule has 0 spiro atoms. The lowest BCUT2D eigenvalue weighted by Gasteiger charge is -2.24. The van der Waals surface area contributed by atoms with Crippen molar-refractivity contribution in [1.82, 2.24) is 4.72 Å². The average Bonchev–Trinajstić information content (AvgIpc) is 2.16. The molecule has 2 rings (SSSR count). The average molecular weight is 243 g/mol. The molecule has 1 atom stereocenters. The maximum atomic E-state index is 11.2. The van der Waals surface area contributed by atoms with Gasteiger partial charge in [-0.15, -0.1) is 11.8 Å². The van der Waals surface area contributed by atoms with Crippen molar-refractivity contribution in [3.63, 3.8) is 0 Å². The summed E-state index contributed by atoms with van der Waals surface area (Å²) in [4.78, 5) is 1.19. The number of thioether (sulfide) groups is 1. The first-order valence-corrected chi connectivity index (χ1v) is 7.63. The smallest absolute Gasteiger partial charge is 0.209 e. The molecule has 0 saturated heterocycles. The molecule has 82 valence electrons. The fourth-order valence-electron chi connectivity index (χ4n) is 1.72. The van der Waals surface area contributed by atoms with E-state index in [2.05, 4.69) is 4.72 Å². The monoisotopic (exact) mass is 243 g/mol. The van der Waals surface area contributed by atoms with Gasteiger partial charge in [-0.3, -0.25) is 0 Å². The van der Waals surface area contributed by atoms with Gasteiger partial charge in [0.05, 0.1) is 6.26 Å². The normalized spacial score (nSPS) is 21.0. The SMILES string of the molecule is CS(=O)(=O)NC1CCSc2ccccc21. The van der Waals surface area contributed by atoms with Crippen LogP contribution in [-0.4, -0.2) is 20.4 Å². The zero-order valence-electron chi connectivity index (χ0n) is 8.43. The Bertz CT molecular complexity index is 456. The molecule has 1 heterocycles. The number of rotatable bonds is 2. The molecule has 0 fully saturated rings. The molecular formula is C10H13NO2S2. The molecule has 15 heavy (non-hydrogen) atoms. The third kappa shape index (κ3) is 2.74. The Balaban J connectivity index is 2.30. The minimum atomic E-state index is -3.13. The summed E-state index contributed by atoms with van der Waals surface area (Å²) in [6, 6.07) is 7.90. The van der Waals surface area contributed by atoms with Crippen LogP contribution in [0.2, 0.25) is 0 Å². The second-order valence-corrected chi connectivity index (χ2v) is 6.53. The van der Waals surface area contributed by atoms with Crippen LogP contribution in [-0.2, 0) is 10.0 Å². The van der Waals surface area contributed by atoms with Gasteiger partial charge in [0.25, 0.3) is 0 Å². The molecule has 0 amide bonds. The maximum Gasteiger partial charge on any atom is 0.209 e. The highest BCUT2D eigenvalue weighted by Crippen LogP contribution is 2.35. The van der Waals surface area contributed by atoms with Crippen LogP contribution >= 0.6 is 11.8 Å². The number of fused-ring (bicyclic) bond motifs is 1. The molecule has 1 aromatic rings. The Morgan fingerprint density at radius 2 is 2.13 bits per heavy atom. The van der Waals surface area contributed by atoms with Crippen molar-refractivity contribution < 1.29 is 8.42 Å². The second-order valence-electron chi connectivity index (χ2n) is 3.62. The van der Waals surface area contributed by atoms with Gasteiger partial charge < -0.3 is 0 Å². The van der Waals surface area contributed by atoms with E-state index >= 15 is 0 Å². The van der Waals surface area contributed by atoms with Gasteiger partial charge in [0, 0.05) is 10.9 Å². The van der Waals surface area contributed by atoms with Crippen LogP contribution in [0.1, 0.15) is 18.0 Å². The lowest BCUT2D eigenvalue weighted by atomic mass is 10.1. The number of nitrogens with one attached hydrogen (secondary N) is 1. The summed E-state index contributed by atoms with van der Waals surface area (Å²) >= 11 is 1.78. The lowest BCUT2D eigenvalue weighted by molar-refractivity contribution is 0.551. The van der Waals surface area contributed by atoms with E-state index in [9.17, 15) is 8.42 Å². The van der Waals surface area contributed by atoms with Crippen molar-refractivity contribution in [3.8, 4) is 0 Å². The van der Waals surface area contributed by atoms with E-state index in [0.29, 0.717) is 0 Å². The molecule has 1 aromatic carbocycles. The van der Waals surface area contributed by atoms with E-state index in [1.165, 1.54) is 11.2 Å². The van der Waals surface area contributed by atoms with E-state index in [1.807, 2.05) is 24.3 Å². The zero-order chi connectivity index (χ0) is 10.9. The Kier molecular flexibility index (Phi) is 3.04. The fraction of sp³-hybridized carbons (Fsp3) is 0.400. The summed E-state index contributed by atoms with van der Waals surface area (Å²) in [7, 11) is -3.13. The van der Waals surface area contributed by atoms with E-state index in [0.717, 1.165) is 17.7 Å². The van der Waals surface area contributed by atoms with Gasteiger partial charge in [-0.2, -0.15) is 0 Å². The predicted octanol–water partition coefficient (Wildman–Crippen LogP) is 1.77. The van der Waals surface area contributed by atoms with Gasteiger partial charge in [-0.1, -0.05) is 18.2 Å². The van der Waals surface area contributed by atoms with Crippen LogP contribution in [0, 0.1) is 0 Å². The van der Waals surface area contributed by atoms with Crippen LogP contribution in [0.3, 0.4) is 0 Å². The van der Waals surface area contributed by atoms with Crippen molar-refractivity contribution in [2.75, 3.05) is 12.0 Å². The van der Waals surface area contributed by atoms with Crippen molar-refractivity contribution >= 4 is 21.8 Å². The molecule has 0 aromatic heterocycles. The zero-order valence-corrected chi connectivity index (χ0v) is 10.1. The largest absolute Gasteiger partial charge is 0.213 e. The molecule has 5 heteroatoms. The molecular weight excluding hydrogens is 230 g/mol. The van der Waals surface area contributed by atoms with Crippen LogP contribution in [0.15, 0.2) is 29.2 Å². The quantitative estimate of drug-likeness (QED) is 0.861.